The van der Waals surface area contributed by atoms with Crippen molar-refractivity contribution in [2.75, 3.05) is 11.5 Å². The van der Waals surface area contributed by atoms with Gasteiger partial charge in [0.05, 0.1) is 0 Å². The zero-order valence-electron chi connectivity index (χ0n) is 10.4. The molecule has 0 aromatic carbocycles. The first-order chi connectivity index (χ1) is 7.35. The minimum absolute atomic E-state index is 0.198. The Kier molecular flexibility index (Phi) is 13.7. The van der Waals surface area contributed by atoms with Crippen LogP contribution in [0, 0.1) is 0 Å². The normalized spacial score (nSPS) is 14.4. The monoisotopic (exact) mass is 266 g/mol. The van der Waals surface area contributed by atoms with Crippen LogP contribution in [0.2, 0.25) is 0 Å². The Balaban J connectivity index is 3.26. The molecule has 0 aliphatic rings. The topological polar surface area (TPSA) is 0 Å². The molecule has 0 rings (SSSR count). The van der Waals surface area contributed by atoms with Crippen molar-refractivity contribution in [2.45, 2.75) is 65.2 Å². The molecule has 1 unspecified atom stereocenters. The highest BCUT2D eigenvalue weighted by Crippen LogP contribution is 2.40. The van der Waals surface area contributed by atoms with Gasteiger partial charge in [0.25, 0.3) is 0 Å². The standard InChI is InChI=1S/C12H27PS2/c1-3-5-7-8-9-10-12-15(13-14)11-6-4-2/h15H,3-12H2,1-2H3. The lowest BCUT2D eigenvalue weighted by molar-refractivity contribution is 0.627. The van der Waals surface area contributed by atoms with E-state index in [9.17, 15) is 0 Å². The van der Waals surface area contributed by atoms with Crippen LogP contribution in [0.15, 0.2) is 0 Å². The molecular formula is C12H27PS2. The molecule has 0 aromatic heterocycles. The van der Waals surface area contributed by atoms with Gasteiger partial charge in [0.2, 0.25) is 0 Å². The first-order valence-electron chi connectivity index (χ1n) is 6.43. The van der Waals surface area contributed by atoms with Crippen molar-refractivity contribution < 1.29 is 0 Å². The maximum Gasteiger partial charge on any atom is 0.0208 e. The molecule has 0 fully saturated rings. The van der Waals surface area contributed by atoms with Crippen molar-refractivity contribution in [3.8, 4) is 0 Å². The minimum atomic E-state index is 0.198. The molecule has 0 aromatic rings. The zero-order chi connectivity index (χ0) is 11.4. The molecule has 0 saturated carbocycles. The van der Waals surface area contributed by atoms with Crippen LogP contribution < -0.4 is 0 Å². The summed E-state index contributed by atoms with van der Waals surface area (Å²) in [6.45, 7) is 5.83. The Bertz CT molecular complexity index is 140. The fourth-order valence-corrected chi connectivity index (χ4v) is 6.07. The number of thiol groups is 1. The quantitative estimate of drug-likeness (QED) is 0.294. The van der Waals surface area contributed by atoms with Gasteiger partial charge in [-0.3, -0.25) is 0 Å². The van der Waals surface area contributed by atoms with E-state index < -0.39 is 0 Å². The van der Waals surface area contributed by atoms with Crippen molar-refractivity contribution in [1.82, 2.24) is 0 Å². The summed E-state index contributed by atoms with van der Waals surface area (Å²) in [6, 6.07) is 0. The number of hydrogen-bond donors (Lipinski definition) is 1. The van der Waals surface area contributed by atoms with Crippen LogP contribution in [0.25, 0.3) is 0 Å². The van der Waals surface area contributed by atoms with Crippen LogP contribution in [0.3, 0.4) is 0 Å². The highest BCUT2D eigenvalue weighted by molar-refractivity contribution is 8.67. The summed E-state index contributed by atoms with van der Waals surface area (Å²) in [6.07, 6.45) is 11.3. The Morgan fingerprint density at radius 3 is 1.93 bits per heavy atom. The zero-order valence-corrected chi connectivity index (χ0v) is 13.0. The lowest BCUT2D eigenvalue weighted by Crippen LogP contribution is -1.90. The molecule has 0 heterocycles. The molecular weight excluding hydrogens is 239 g/mol. The fraction of sp³-hybridized carbons (Fsp3) is 1.00. The smallest absolute Gasteiger partial charge is 0.0208 e. The SMILES string of the molecule is CCCCCCCC[SH](CCCC)P=S. The van der Waals surface area contributed by atoms with Gasteiger partial charge in [-0.25, -0.2) is 0 Å². The summed E-state index contributed by atoms with van der Waals surface area (Å²) in [5.41, 5.74) is 0. The van der Waals surface area contributed by atoms with Gasteiger partial charge in [0, 0.05) is 6.56 Å². The lowest BCUT2D eigenvalue weighted by Gasteiger charge is -2.14. The van der Waals surface area contributed by atoms with Crippen molar-refractivity contribution in [2.24, 2.45) is 0 Å². The number of hydrogen-bond acceptors (Lipinski definition) is 1. The Hall–Kier alpha value is 0.870. The molecule has 0 radical (unpaired) electrons. The molecule has 1 atom stereocenters. The van der Waals surface area contributed by atoms with E-state index in [1.165, 1.54) is 69.4 Å². The third-order valence-corrected chi connectivity index (χ3v) is 8.52. The average Bonchev–Trinajstić information content (AvgIpc) is 2.27. The second kappa shape index (κ2) is 12.9. The van der Waals surface area contributed by atoms with E-state index >= 15 is 0 Å². The Morgan fingerprint density at radius 1 is 0.800 bits per heavy atom. The van der Waals surface area contributed by atoms with Gasteiger partial charge in [-0.15, -0.1) is 0 Å². The van der Waals surface area contributed by atoms with Gasteiger partial charge in [-0.1, -0.05) is 52.4 Å². The van der Waals surface area contributed by atoms with Crippen molar-refractivity contribution >= 4 is 28.9 Å². The van der Waals surface area contributed by atoms with Crippen LogP contribution in [0.4, 0.5) is 0 Å². The van der Waals surface area contributed by atoms with Gasteiger partial charge in [0.15, 0.2) is 0 Å². The van der Waals surface area contributed by atoms with Gasteiger partial charge >= 0.3 is 0 Å². The van der Waals surface area contributed by atoms with E-state index in [1.54, 1.807) is 0 Å². The van der Waals surface area contributed by atoms with Crippen molar-refractivity contribution in [3.63, 3.8) is 0 Å². The predicted octanol–water partition coefficient (Wildman–Crippen LogP) is 5.47. The van der Waals surface area contributed by atoms with E-state index in [2.05, 4.69) is 13.8 Å². The Morgan fingerprint density at radius 2 is 1.33 bits per heavy atom. The highest BCUT2D eigenvalue weighted by atomic mass is 32.9. The van der Waals surface area contributed by atoms with Gasteiger partial charge < -0.3 is 0 Å². The van der Waals surface area contributed by atoms with Gasteiger partial charge in [-0.05, 0) is 36.2 Å². The molecule has 0 bridgehead atoms. The molecule has 0 nitrogen and oxygen atoms in total. The van der Waals surface area contributed by atoms with Crippen LogP contribution in [-0.4, -0.2) is 11.5 Å². The second-order valence-corrected chi connectivity index (χ2v) is 9.88. The summed E-state index contributed by atoms with van der Waals surface area (Å²) in [7, 11) is 0.198. The summed E-state index contributed by atoms with van der Waals surface area (Å²) >= 11 is 5.21. The highest BCUT2D eigenvalue weighted by Gasteiger charge is 2.00. The van der Waals surface area contributed by atoms with Gasteiger partial charge in [0.1, 0.15) is 0 Å². The summed E-state index contributed by atoms with van der Waals surface area (Å²) in [4.78, 5) is 0. The Labute approximate surface area is 106 Å². The number of unbranched alkanes of at least 4 members (excludes halogenated alkanes) is 6. The van der Waals surface area contributed by atoms with E-state index in [0.29, 0.717) is 0 Å². The maximum absolute atomic E-state index is 5.21. The van der Waals surface area contributed by atoms with Gasteiger partial charge in [-0.2, -0.15) is 10.5 Å². The second-order valence-electron chi connectivity index (χ2n) is 4.16. The molecule has 0 aliphatic carbocycles. The minimum Gasteiger partial charge on any atom is -0.200 e. The molecule has 0 amide bonds. The molecule has 0 spiro atoms. The third-order valence-electron chi connectivity index (χ3n) is 2.66. The first kappa shape index (κ1) is 15.9. The average molecular weight is 266 g/mol. The predicted molar refractivity (Wildman–Crippen MR) is 81.3 cm³/mol. The van der Waals surface area contributed by atoms with Crippen molar-refractivity contribution in [1.29, 1.82) is 0 Å². The lowest BCUT2D eigenvalue weighted by atomic mass is 10.1. The molecule has 15 heavy (non-hydrogen) atoms. The van der Waals surface area contributed by atoms with Crippen LogP contribution >= 0.6 is 17.1 Å². The first-order valence-corrected chi connectivity index (χ1v) is 10.8. The maximum atomic E-state index is 5.21. The molecule has 0 saturated heterocycles. The molecule has 3 heteroatoms. The summed E-state index contributed by atoms with van der Waals surface area (Å²) in [5.74, 6) is 2.86. The van der Waals surface area contributed by atoms with Crippen LogP contribution in [0.1, 0.15) is 65.2 Å². The van der Waals surface area contributed by atoms with Crippen LogP contribution in [-0.2, 0) is 11.8 Å². The molecule has 92 valence electrons. The summed E-state index contributed by atoms with van der Waals surface area (Å²) < 4.78 is 0. The third kappa shape index (κ3) is 11.1. The largest absolute Gasteiger partial charge is 0.200 e. The molecule has 0 aliphatic heterocycles. The van der Waals surface area contributed by atoms with E-state index in [0.717, 1.165) is 0 Å². The summed E-state index contributed by atoms with van der Waals surface area (Å²) in [5, 5.41) is 0. The number of rotatable bonds is 11. The van der Waals surface area contributed by atoms with Crippen molar-refractivity contribution in [3.05, 3.63) is 0 Å². The van der Waals surface area contributed by atoms with E-state index in [1.807, 2.05) is 0 Å². The van der Waals surface area contributed by atoms with E-state index in [-0.39, 0.29) is 10.5 Å². The molecule has 0 N–H and O–H groups in total. The van der Waals surface area contributed by atoms with E-state index in [4.69, 9.17) is 11.8 Å². The van der Waals surface area contributed by atoms with Crippen LogP contribution in [0.5, 0.6) is 0 Å². The fourth-order valence-electron chi connectivity index (χ4n) is 1.61.